The molecule has 0 saturated heterocycles. The molecule has 6 heteroatoms. The molecule has 23 heavy (non-hydrogen) atoms. The van der Waals surface area contributed by atoms with E-state index in [1.807, 2.05) is 30.3 Å². The van der Waals surface area contributed by atoms with Gasteiger partial charge in [0.15, 0.2) is 0 Å². The lowest BCUT2D eigenvalue weighted by atomic mass is 10.1. The van der Waals surface area contributed by atoms with Gasteiger partial charge in [0.1, 0.15) is 12.4 Å². The molecule has 0 fully saturated rings. The van der Waals surface area contributed by atoms with Crippen LogP contribution in [0.1, 0.15) is 11.1 Å². The Balaban J connectivity index is 2.01. The summed E-state index contributed by atoms with van der Waals surface area (Å²) in [5.74, 6) is 0.545. The summed E-state index contributed by atoms with van der Waals surface area (Å²) < 4.78 is 6.75. The van der Waals surface area contributed by atoms with E-state index in [1.165, 1.54) is 0 Å². The summed E-state index contributed by atoms with van der Waals surface area (Å²) in [6.45, 7) is 0.188. The first-order valence-electron chi connectivity index (χ1n) is 6.93. The van der Waals surface area contributed by atoms with Crippen LogP contribution in [0.5, 0.6) is 5.75 Å². The maximum Gasteiger partial charge on any atom is 0.405 e. The molecule has 0 unspecified atom stereocenters. The zero-order valence-corrected chi connectivity index (χ0v) is 14.4. The van der Waals surface area contributed by atoms with E-state index < -0.39 is 6.09 Å². The van der Waals surface area contributed by atoms with Gasteiger partial charge in [-0.05, 0) is 64.9 Å². The Hall–Kier alpha value is -2.27. The second kappa shape index (κ2) is 8.39. The second-order valence-corrected chi connectivity index (χ2v) is 6.17. The van der Waals surface area contributed by atoms with Crippen LogP contribution in [0.3, 0.4) is 0 Å². The van der Waals surface area contributed by atoms with Gasteiger partial charge in [-0.3, -0.25) is 0 Å². The minimum Gasteiger partial charge on any atom is -0.491 e. The van der Waals surface area contributed by atoms with Crippen molar-refractivity contribution in [2.75, 3.05) is 6.61 Å². The summed E-state index contributed by atoms with van der Waals surface area (Å²) in [6, 6.07) is 16.3. The summed E-state index contributed by atoms with van der Waals surface area (Å²) in [5, 5.41) is 20.3. The predicted octanol–water partition coefficient (Wildman–Crippen LogP) is 3.42. The Morgan fingerprint density at radius 1 is 1.30 bits per heavy atom. The average molecular weight is 422 g/mol. The largest absolute Gasteiger partial charge is 0.491 e. The Kier molecular flexibility index (Phi) is 6.23. The highest BCUT2D eigenvalue weighted by Gasteiger charge is 2.13. The van der Waals surface area contributed by atoms with E-state index in [0.29, 0.717) is 17.7 Å². The highest BCUT2D eigenvalue weighted by Crippen LogP contribution is 2.14. The number of nitrogens with one attached hydrogen (secondary N) is 1. The molecule has 0 aromatic heterocycles. The second-order valence-electron chi connectivity index (χ2n) is 4.93. The number of carboxylic acid groups (broad SMARTS) is 1. The maximum absolute atomic E-state index is 11.0. The van der Waals surface area contributed by atoms with Crippen LogP contribution in [0.4, 0.5) is 4.79 Å². The molecule has 0 aliphatic carbocycles. The van der Waals surface area contributed by atoms with Crippen molar-refractivity contribution >= 4 is 28.7 Å². The van der Waals surface area contributed by atoms with Crippen LogP contribution in [0.15, 0.2) is 48.5 Å². The number of halogens is 1. The topological polar surface area (TPSA) is 82.3 Å². The van der Waals surface area contributed by atoms with Gasteiger partial charge in [0.25, 0.3) is 0 Å². The van der Waals surface area contributed by atoms with Crippen LogP contribution in [0.25, 0.3) is 0 Å². The number of hydrogen-bond donors (Lipinski definition) is 2. The number of nitriles is 1. The van der Waals surface area contributed by atoms with Crippen LogP contribution < -0.4 is 10.1 Å². The number of benzene rings is 2. The normalized spacial score (nSPS) is 11.3. The summed E-state index contributed by atoms with van der Waals surface area (Å²) in [7, 11) is 0. The molecule has 0 radical (unpaired) electrons. The number of ether oxygens (including phenoxy) is 1. The molecule has 5 nitrogen and oxygen atoms in total. The van der Waals surface area contributed by atoms with Crippen molar-refractivity contribution in [3.63, 3.8) is 0 Å². The number of amides is 1. The molecule has 0 spiro atoms. The Bertz CT molecular complexity index is 711. The van der Waals surface area contributed by atoms with Crippen LogP contribution >= 0.6 is 22.6 Å². The van der Waals surface area contributed by atoms with Gasteiger partial charge in [-0.25, -0.2) is 4.79 Å². The monoisotopic (exact) mass is 422 g/mol. The summed E-state index contributed by atoms with van der Waals surface area (Å²) in [4.78, 5) is 11.0. The van der Waals surface area contributed by atoms with Crippen molar-refractivity contribution in [3.8, 4) is 11.8 Å². The van der Waals surface area contributed by atoms with E-state index in [-0.39, 0.29) is 12.6 Å². The van der Waals surface area contributed by atoms with Crippen LogP contribution in [0, 0.1) is 14.9 Å². The number of rotatable bonds is 6. The summed E-state index contributed by atoms with van der Waals surface area (Å²) in [5.41, 5.74) is 1.53. The van der Waals surface area contributed by atoms with Crippen molar-refractivity contribution in [2.24, 2.45) is 0 Å². The summed E-state index contributed by atoms with van der Waals surface area (Å²) in [6.07, 6.45) is -0.559. The third-order valence-corrected chi connectivity index (χ3v) is 3.86. The van der Waals surface area contributed by atoms with E-state index in [9.17, 15) is 4.79 Å². The number of carbonyl (C=O) groups is 1. The van der Waals surface area contributed by atoms with Crippen LogP contribution in [0.2, 0.25) is 0 Å². The van der Waals surface area contributed by atoms with Crippen molar-refractivity contribution in [1.82, 2.24) is 5.32 Å². The van der Waals surface area contributed by atoms with Crippen molar-refractivity contribution < 1.29 is 14.6 Å². The number of nitrogens with zero attached hydrogens (tertiary/aromatic N) is 1. The van der Waals surface area contributed by atoms with Gasteiger partial charge in [0.05, 0.1) is 17.7 Å². The minimum absolute atomic E-state index is 0.188. The van der Waals surface area contributed by atoms with Crippen molar-refractivity contribution in [2.45, 2.75) is 12.5 Å². The fourth-order valence-corrected chi connectivity index (χ4v) is 2.44. The fourth-order valence-electron chi connectivity index (χ4n) is 2.08. The van der Waals surface area contributed by atoms with E-state index in [0.717, 1.165) is 9.13 Å². The van der Waals surface area contributed by atoms with Crippen molar-refractivity contribution in [3.05, 3.63) is 63.2 Å². The molecule has 0 bridgehead atoms. The van der Waals surface area contributed by atoms with E-state index >= 15 is 0 Å². The molecular weight excluding hydrogens is 407 g/mol. The van der Waals surface area contributed by atoms with Gasteiger partial charge < -0.3 is 15.2 Å². The first-order valence-corrected chi connectivity index (χ1v) is 8.01. The molecule has 2 aromatic carbocycles. The highest BCUT2D eigenvalue weighted by molar-refractivity contribution is 14.1. The van der Waals surface area contributed by atoms with Crippen LogP contribution in [-0.4, -0.2) is 23.8 Å². The molecule has 1 atom stereocenters. The Morgan fingerprint density at radius 2 is 2.04 bits per heavy atom. The smallest absolute Gasteiger partial charge is 0.405 e. The maximum atomic E-state index is 11.0. The molecule has 2 rings (SSSR count). The van der Waals surface area contributed by atoms with Crippen LogP contribution in [-0.2, 0) is 6.42 Å². The zero-order valence-electron chi connectivity index (χ0n) is 12.2. The molecule has 0 aliphatic heterocycles. The van der Waals surface area contributed by atoms with Gasteiger partial charge in [-0.1, -0.05) is 18.2 Å². The quantitative estimate of drug-likeness (QED) is 0.700. The fraction of sp³-hybridized carbons (Fsp3) is 0.176. The van der Waals surface area contributed by atoms with Gasteiger partial charge >= 0.3 is 6.09 Å². The minimum atomic E-state index is -1.09. The molecule has 1 amide bonds. The zero-order chi connectivity index (χ0) is 16.7. The van der Waals surface area contributed by atoms with E-state index in [2.05, 4.69) is 27.9 Å². The van der Waals surface area contributed by atoms with Gasteiger partial charge in [0.2, 0.25) is 0 Å². The molecule has 2 aromatic rings. The lowest BCUT2D eigenvalue weighted by Crippen LogP contribution is -2.39. The summed E-state index contributed by atoms with van der Waals surface area (Å²) >= 11 is 2.22. The Morgan fingerprint density at radius 3 is 2.70 bits per heavy atom. The average Bonchev–Trinajstić information content (AvgIpc) is 2.54. The highest BCUT2D eigenvalue weighted by atomic mass is 127. The SMILES string of the molecule is N#Cc1cccc(OC[C@H](Cc2ccc(I)cc2)NC(=O)O)c1. The molecule has 0 saturated carbocycles. The van der Waals surface area contributed by atoms with Crippen molar-refractivity contribution in [1.29, 1.82) is 5.26 Å². The lowest BCUT2D eigenvalue weighted by molar-refractivity contribution is 0.181. The third-order valence-electron chi connectivity index (χ3n) is 3.14. The third kappa shape index (κ3) is 5.79. The standard InChI is InChI=1S/C17H15IN2O3/c18-14-6-4-12(5-7-14)8-15(20-17(21)22)11-23-16-3-1-2-13(9-16)10-19/h1-7,9,15,20H,8,11H2,(H,21,22)/t15-/m0/s1. The lowest BCUT2D eigenvalue weighted by Gasteiger charge is -2.18. The molecule has 0 aliphatic rings. The van der Waals surface area contributed by atoms with E-state index in [1.54, 1.807) is 24.3 Å². The molecular formula is C17H15IN2O3. The van der Waals surface area contributed by atoms with Gasteiger partial charge in [-0.2, -0.15) is 5.26 Å². The first kappa shape index (κ1) is 17.1. The van der Waals surface area contributed by atoms with E-state index in [4.69, 9.17) is 15.1 Å². The molecule has 0 heterocycles. The number of hydrogen-bond acceptors (Lipinski definition) is 3. The first-order chi connectivity index (χ1) is 11.1. The Labute approximate surface area is 148 Å². The van der Waals surface area contributed by atoms with Gasteiger partial charge in [-0.15, -0.1) is 0 Å². The van der Waals surface area contributed by atoms with Gasteiger partial charge in [0, 0.05) is 3.57 Å². The molecule has 118 valence electrons. The molecule has 2 N–H and O–H groups in total. The predicted molar refractivity (Wildman–Crippen MR) is 94.5 cm³/mol.